The van der Waals surface area contributed by atoms with E-state index in [4.69, 9.17) is 4.74 Å². The first-order valence-corrected chi connectivity index (χ1v) is 3.63. The van der Waals surface area contributed by atoms with E-state index >= 15 is 0 Å². The van der Waals surface area contributed by atoms with Crippen molar-refractivity contribution in [3.8, 4) is 0 Å². The Balaban J connectivity index is 3.64. The summed E-state index contributed by atoms with van der Waals surface area (Å²) in [7, 11) is 2.94. The Morgan fingerprint density at radius 1 is 1.50 bits per heavy atom. The number of ether oxygens (including phenoxy) is 1. The number of likely N-dealkylation sites (N-methyl/N-ethyl adjacent to an activating group) is 1. The van der Waals surface area contributed by atoms with Crippen LogP contribution in [0.1, 0.15) is 6.92 Å². The zero-order chi connectivity index (χ0) is 9.56. The minimum Gasteiger partial charge on any atom is -0.372 e. The summed E-state index contributed by atoms with van der Waals surface area (Å²) in [5, 5.41) is 4.79. The van der Waals surface area contributed by atoms with E-state index < -0.39 is 6.10 Å². The van der Waals surface area contributed by atoms with Crippen molar-refractivity contribution in [2.75, 3.05) is 20.7 Å². The molecule has 0 rings (SSSR count). The summed E-state index contributed by atoms with van der Waals surface area (Å²) >= 11 is 0. The molecule has 70 valence electrons. The Morgan fingerprint density at radius 2 is 2.08 bits per heavy atom. The Morgan fingerprint density at radius 3 is 2.50 bits per heavy atom. The molecule has 5 heteroatoms. The van der Waals surface area contributed by atoms with E-state index in [0.717, 1.165) is 0 Å². The summed E-state index contributed by atoms with van der Waals surface area (Å²) in [6, 6.07) is 0. The first kappa shape index (κ1) is 10.9. The second-order valence-electron chi connectivity index (χ2n) is 2.27. The lowest BCUT2D eigenvalue weighted by molar-refractivity contribution is -0.132. The van der Waals surface area contributed by atoms with Gasteiger partial charge in [0.05, 0.1) is 6.54 Å². The monoisotopic (exact) mass is 174 g/mol. The predicted molar refractivity (Wildman–Crippen MR) is 43.5 cm³/mol. The Kier molecular flexibility index (Phi) is 5.03. The fraction of sp³-hybridized carbons (Fsp3) is 0.714. The average molecular weight is 174 g/mol. The van der Waals surface area contributed by atoms with Gasteiger partial charge in [-0.3, -0.25) is 9.59 Å². The van der Waals surface area contributed by atoms with Crippen LogP contribution >= 0.6 is 0 Å². The largest absolute Gasteiger partial charge is 0.372 e. The quantitative estimate of drug-likeness (QED) is 0.567. The zero-order valence-corrected chi connectivity index (χ0v) is 7.51. The maximum Gasteiger partial charge on any atom is 0.249 e. The van der Waals surface area contributed by atoms with Gasteiger partial charge in [0, 0.05) is 14.2 Å². The second kappa shape index (κ2) is 5.54. The summed E-state index contributed by atoms with van der Waals surface area (Å²) in [6.07, 6.45) is -0.519. The molecule has 0 heterocycles. The van der Waals surface area contributed by atoms with Crippen LogP contribution in [0.2, 0.25) is 0 Å². The molecule has 0 aromatic rings. The van der Waals surface area contributed by atoms with Gasteiger partial charge in [0.1, 0.15) is 6.10 Å². The van der Waals surface area contributed by atoms with Crippen molar-refractivity contribution in [1.82, 2.24) is 10.6 Å². The SMILES string of the molecule is CNC(=O)CNC(=O)C(C)OC. The first-order valence-electron chi connectivity index (χ1n) is 3.63. The van der Waals surface area contributed by atoms with E-state index in [9.17, 15) is 9.59 Å². The third kappa shape index (κ3) is 3.92. The smallest absolute Gasteiger partial charge is 0.249 e. The highest BCUT2D eigenvalue weighted by atomic mass is 16.5. The van der Waals surface area contributed by atoms with Crippen LogP contribution in [-0.2, 0) is 14.3 Å². The second-order valence-corrected chi connectivity index (χ2v) is 2.27. The molecule has 1 unspecified atom stereocenters. The van der Waals surface area contributed by atoms with Crippen molar-refractivity contribution in [1.29, 1.82) is 0 Å². The Bertz CT molecular complexity index is 170. The molecule has 0 bridgehead atoms. The highest BCUT2D eigenvalue weighted by molar-refractivity contribution is 5.86. The summed E-state index contributed by atoms with van der Waals surface area (Å²) in [6.45, 7) is 1.60. The van der Waals surface area contributed by atoms with Crippen LogP contribution in [0, 0.1) is 0 Å². The topological polar surface area (TPSA) is 67.4 Å². The molecule has 2 N–H and O–H groups in total. The van der Waals surface area contributed by atoms with Crippen LogP contribution in [-0.4, -0.2) is 38.6 Å². The van der Waals surface area contributed by atoms with Gasteiger partial charge in [-0.05, 0) is 6.92 Å². The summed E-state index contributed by atoms with van der Waals surface area (Å²) in [5.74, 6) is -0.521. The molecule has 0 saturated heterocycles. The van der Waals surface area contributed by atoms with Crippen LogP contribution in [0.5, 0.6) is 0 Å². The van der Waals surface area contributed by atoms with Gasteiger partial charge < -0.3 is 15.4 Å². The molecule has 0 saturated carbocycles. The number of hydrogen-bond acceptors (Lipinski definition) is 3. The third-order valence-corrected chi connectivity index (χ3v) is 1.42. The minimum absolute atomic E-state index is 0.0109. The van der Waals surface area contributed by atoms with Crippen molar-refractivity contribution >= 4 is 11.8 Å². The number of methoxy groups -OCH3 is 1. The minimum atomic E-state index is -0.519. The molecular formula is C7H14N2O3. The third-order valence-electron chi connectivity index (χ3n) is 1.42. The van der Waals surface area contributed by atoms with Crippen molar-refractivity contribution in [2.45, 2.75) is 13.0 Å². The molecule has 12 heavy (non-hydrogen) atoms. The maximum absolute atomic E-state index is 11.0. The number of carbonyl (C=O) groups excluding carboxylic acids is 2. The van der Waals surface area contributed by atoms with E-state index in [1.807, 2.05) is 0 Å². The Labute approximate surface area is 71.5 Å². The van der Waals surface area contributed by atoms with Gasteiger partial charge in [-0.25, -0.2) is 0 Å². The number of carbonyl (C=O) groups is 2. The highest BCUT2D eigenvalue weighted by Gasteiger charge is 2.11. The molecule has 0 aliphatic rings. The highest BCUT2D eigenvalue weighted by Crippen LogP contribution is 1.85. The molecular weight excluding hydrogens is 160 g/mol. The van der Waals surface area contributed by atoms with Crippen molar-refractivity contribution < 1.29 is 14.3 Å². The van der Waals surface area contributed by atoms with Gasteiger partial charge in [0.25, 0.3) is 0 Å². The van der Waals surface area contributed by atoms with Crippen molar-refractivity contribution in [2.24, 2.45) is 0 Å². The standard InChI is InChI=1S/C7H14N2O3/c1-5(12-3)7(11)9-4-6(10)8-2/h5H,4H2,1-3H3,(H,8,10)(H,9,11). The number of amides is 2. The fourth-order valence-corrected chi connectivity index (χ4v) is 0.507. The van der Waals surface area contributed by atoms with Gasteiger partial charge in [-0.2, -0.15) is 0 Å². The maximum atomic E-state index is 11.0. The summed E-state index contributed by atoms with van der Waals surface area (Å²) in [5.41, 5.74) is 0. The number of nitrogens with one attached hydrogen (secondary N) is 2. The molecule has 0 radical (unpaired) electrons. The molecule has 0 fully saturated rings. The summed E-state index contributed by atoms with van der Waals surface area (Å²) < 4.78 is 4.73. The predicted octanol–water partition coefficient (Wildman–Crippen LogP) is -1.12. The van der Waals surface area contributed by atoms with Crippen LogP contribution in [0.4, 0.5) is 0 Å². The van der Waals surface area contributed by atoms with Crippen LogP contribution < -0.4 is 10.6 Å². The van der Waals surface area contributed by atoms with Gasteiger partial charge in [-0.15, -0.1) is 0 Å². The van der Waals surface area contributed by atoms with Crippen LogP contribution in [0.25, 0.3) is 0 Å². The van der Waals surface area contributed by atoms with Gasteiger partial charge in [0.15, 0.2) is 0 Å². The molecule has 2 amide bonds. The molecule has 0 aliphatic carbocycles. The number of hydrogen-bond donors (Lipinski definition) is 2. The van der Waals surface area contributed by atoms with E-state index in [2.05, 4.69) is 10.6 Å². The lowest BCUT2D eigenvalue weighted by Crippen LogP contribution is -2.40. The molecule has 1 atom stereocenters. The van der Waals surface area contributed by atoms with Gasteiger partial charge in [0.2, 0.25) is 11.8 Å². The average Bonchev–Trinajstić information content (AvgIpc) is 2.11. The number of rotatable bonds is 4. The first-order chi connectivity index (χ1) is 5.61. The van der Waals surface area contributed by atoms with Crippen LogP contribution in [0.15, 0.2) is 0 Å². The normalized spacial score (nSPS) is 11.9. The van der Waals surface area contributed by atoms with E-state index in [1.54, 1.807) is 6.92 Å². The lowest BCUT2D eigenvalue weighted by Gasteiger charge is -2.09. The molecule has 0 aromatic heterocycles. The molecule has 0 spiro atoms. The van der Waals surface area contributed by atoms with Crippen LogP contribution in [0.3, 0.4) is 0 Å². The lowest BCUT2D eigenvalue weighted by atomic mass is 10.4. The van der Waals surface area contributed by atoms with Gasteiger partial charge in [-0.1, -0.05) is 0 Å². The van der Waals surface area contributed by atoms with E-state index in [0.29, 0.717) is 0 Å². The van der Waals surface area contributed by atoms with Gasteiger partial charge >= 0.3 is 0 Å². The molecule has 0 aromatic carbocycles. The van der Waals surface area contributed by atoms with Crippen molar-refractivity contribution in [3.63, 3.8) is 0 Å². The van der Waals surface area contributed by atoms with E-state index in [-0.39, 0.29) is 18.4 Å². The zero-order valence-electron chi connectivity index (χ0n) is 7.51. The summed E-state index contributed by atoms with van der Waals surface area (Å²) in [4.78, 5) is 21.6. The molecule has 0 aliphatic heterocycles. The fourth-order valence-electron chi connectivity index (χ4n) is 0.507. The van der Waals surface area contributed by atoms with Crippen molar-refractivity contribution in [3.05, 3.63) is 0 Å². The van der Waals surface area contributed by atoms with E-state index in [1.165, 1.54) is 14.2 Å². The Hall–Kier alpha value is -1.10. The molecule has 5 nitrogen and oxygen atoms in total.